The number of hydrogen-bond acceptors (Lipinski definition) is 3. The van der Waals surface area contributed by atoms with Gasteiger partial charge in [0.2, 0.25) is 5.95 Å². The summed E-state index contributed by atoms with van der Waals surface area (Å²) < 4.78 is 1.98. The summed E-state index contributed by atoms with van der Waals surface area (Å²) in [6, 6.07) is 14.8. The van der Waals surface area contributed by atoms with Gasteiger partial charge in [0.25, 0.3) is 0 Å². The Bertz CT molecular complexity index is 961. The Labute approximate surface area is 136 Å². The molecule has 0 spiro atoms. The van der Waals surface area contributed by atoms with Gasteiger partial charge in [0.1, 0.15) is 5.70 Å². The first kappa shape index (κ1) is 13.8. The number of carboxylic acid groups (broad SMARTS) is 1. The highest BCUT2D eigenvalue weighted by Gasteiger charge is 2.27. The third kappa shape index (κ3) is 2.26. The summed E-state index contributed by atoms with van der Waals surface area (Å²) >= 11 is 6.10. The second kappa shape index (κ2) is 5.14. The van der Waals surface area contributed by atoms with Crippen LogP contribution in [0.15, 0.2) is 60.3 Å². The fourth-order valence-corrected chi connectivity index (χ4v) is 3.07. The van der Waals surface area contributed by atoms with Gasteiger partial charge in [-0.2, -0.15) is 0 Å². The van der Waals surface area contributed by atoms with Crippen molar-refractivity contribution in [3.63, 3.8) is 0 Å². The molecule has 0 aliphatic carbocycles. The van der Waals surface area contributed by atoms with Crippen molar-refractivity contribution >= 4 is 34.6 Å². The number of para-hydroxylation sites is 2. The normalized spacial score (nSPS) is 16.6. The number of fused-ring (bicyclic) bond motifs is 3. The van der Waals surface area contributed by atoms with E-state index in [2.05, 4.69) is 10.3 Å². The molecule has 0 fully saturated rings. The molecule has 0 unspecified atom stereocenters. The fourth-order valence-electron chi connectivity index (χ4n) is 2.87. The number of benzene rings is 2. The Kier molecular flexibility index (Phi) is 3.09. The van der Waals surface area contributed by atoms with Crippen molar-refractivity contribution < 1.29 is 9.90 Å². The lowest BCUT2D eigenvalue weighted by atomic mass is 10.0. The van der Waals surface area contributed by atoms with E-state index in [0.29, 0.717) is 11.0 Å². The van der Waals surface area contributed by atoms with E-state index in [0.717, 1.165) is 16.6 Å². The summed E-state index contributed by atoms with van der Waals surface area (Å²) in [6.07, 6.45) is 1.68. The van der Waals surface area contributed by atoms with E-state index in [1.54, 1.807) is 12.1 Å². The average Bonchev–Trinajstić information content (AvgIpc) is 2.92. The number of hydrogen-bond donors (Lipinski definition) is 2. The predicted octanol–water partition coefficient (Wildman–Crippen LogP) is 3.67. The minimum absolute atomic E-state index is 0.109. The molecule has 0 saturated carbocycles. The predicted molar refractivity (Wildman–Crippen MR) is 88.7 cm³/mol. The first-order valence-corrected chi connectivity index (χ1v) is 7.46. The van der Waals surface area contributed by atoms with E-state index in [4.69, 9.17) is 11.6 Å². The van der Waals surface area contributed by atoms with Crippen molar-refractivity contribution in [3.05, 3.63) is 70.9 Å². The third-order valence-corrected chi connectivity index (χ3v) is 4.10. The van der Waals surface area contributed by atoms with Crippen LogP contribution in [-0.2, 0) is 4.79 Å². The molecule has 0 radical (unpaired) electrons. The van der Waals surface area contributed by atoms with Crippen molar-refractivity contribution in [2.45, 2.75) is 6.04 Å². The maximum atomic E-state index is 11.4. The molecule has 2 aromatic carbocycles. The van der Waals surface area contributed by atoms with Gasteiger partial charge < -0.3 is 10.4 Å². The zero-order valence-corrected chi connectivity index (χ0v) is 12.7. The second-order valence-corrected chi connectivity index (χ2v) is 5.74. The maximum Gasteiger partial charge on any atom is 0.352 e. The van der Waals surface area contributed by atoms with Crippen LogP contribution < -0.4 is 5.32 Å². The SMILES string of the molecule is O=C(O)C1=C[C@H](c2cccc(Cl)c2)n2c(nc3ccccc32)N1. The molecule has 114 valence electrons. The Morgan fingerprint density at radius 3 is 2.83 bits per heavy atom. The quantitative estimate of drug-likeness (QED) is 0.754. The van der Waals surface area contributed by atoms with E-state index in [9.17, 15) is 9.90 Å². The summed E-state index contributed by atoms with van der Waals surface area (Å²) in [5.41, 5.74) is 2.75. The zero-order valence-electron chi connectivity index (χ0n) is 11.9. The van der Waals surface area contributed by atoms with E-state index in [-0.39, 0.29) is 11.7 Å². The van der Waals surface area contributed by atoms with E-state index >= 15 is 0 Å². The molecule has 5 nitrogen and oxygen atoms in total. The van der Waals surface area contributed by atoms with Crippen LogP contribution in [0.5, 0.6) is 0 Å². The third-order valence-electron chi connectivity index (χ3n) is 3.87. The first-order chi connectivity index (χ1) is 11.1. The molecule has 3 aromatic rings. The van der Waals surface area contributed by atoms with Crippen LogP contribution in [0.3, 0.4) is 0 Å². The first-order valence-electron chi connectivity index (χ1n) is 7.08. The summed E-state index contributed by atoms with van der Waals surface area (Å²) in [4.78, 5) is 15.9. The fraction of sp³-hybridized carbons (Fsp3) is 0.0588. The molecule has 2 N–H and O–H groups in total. The number of imidazole rings is 1. The molecule has 6 heteroatoms. The van der Waals surface area contributed by atoms with Gasteiger partial charge in [-0.05, 0) is 35.9 Å². The van der Waals surface area contributed by atoms with Crippen LogP contribution in [0, 0.1) is 0 Å². The number of carbonyl (C=O) groups is 1. The minimum Gasteiger partial charge on any atom is -0.477 e. The van der Waals surface area contributed by atoms with Crippen molar-refractivity contribution in [2.24, 2.45) is 0 Å². The summed E-state index contributed by atoms with van der Waals surface area (Å²) in [6.45, 7) is 0. The second-order valence-electron chi connectivity index (χ2n) is 5.30. The van der Waals surface area contributed by atoms with Gasteiger partial charge in [-0.25, -0.2) is 9.78 Å². The van der Waals surface area contributed by atoms with E-state index < -0.39 is 5.97 Å². The lowest BCUT2D eigenvalue weighted by Gasteiger charge is -2.25. The van der Waals surface area contributed by atoms with Crippen molar-refractivity contribution in [1.29, 1.82) is 0 Å². The highest BCUT2D eigenvalue weighted by Crippen LogP contribution is 2.34. The highest BCUT2D eigenvalue weighted by atomic mass is 35.5. The highest BCUT2D eigenvalue weighted by molar-refractivity contribution is 6.30. The molecule has 0 amide bonds. The number of anilines is 1. The molecule has 0 saturated heterocycles. The molecule has 0 bridgehead atoms. The zero-order chi connectivity index (χ0) is 16.0. The molecule has 1 aliphatic heterocycles. The van der Waals surface area contributed by atoms with Crippen molar-refractivity contribution in [2.75, 3.05) is 5.32 Å². The number of nitrogens with zero attached hydrogens (tertiary/aromatic N) is 2. The van der Waals surface area contributed by atoms with E-state index in [1.807, 2.05) is 47.0 Å². The Morgan fingerprint density at radius 2 is 2.04 bits per heavy atom. The van der Waals surface area contributed by atoms with Gasteiger partial charge in [-0.3, -0.25) is 4.57 Å². The van der Waals surface area contributed by atoms with Gasteiger partial charge in [-0.15, -0.1) is 0 Å². The Morgan fingerprint density at radius 1 is 1.22 bits per heavy atom. The van der Waals surface area contributed by atoms with Crippen molar-refractivity contribution in [1.82, 2.24) is 9.55 Å². The smallest absolute Gasteiger partial charge is 0.352 e. The number of carboxylic acids is 1. The van der Waals surface area contributed by atoms with Crippen LogP contribution >= 0.6 is 11.6 Å². The van der Waals surface area contributed by atoms with Crippen LogP contribution in [0.4, 0.5) is 5.95 Å². The summed E-state index contributed by atoms with van der Waals surface area (Å²) in [5.74, 6) is -0.508. The van der Waals surface area contributed by atoms with Gasteiger partial charge in [0.15, 0.2) is 0 Å². The molecule has 1 aliphatic rings. The van der Waals surface area contributed by atoms with Crippen LogP contribution in [0.1, 0.15) is 11.6 Å². The van der Waals surface area contributed by atoms with Gasteiger partial charge in [-0.1, -0.05) is 35.9 Å². The number of nitrogens with one attached hydrogen (secondary N) is 1. The monoisotopic (exact) mass is 325 g/mol. The average molecular weight is 326 g/mol. The summed E-state index contributed by atoms with van der Waals surface area (Å²) in [7, 11) is 0. The molecule has 23 heavy (non-hydrogen) atoms. The van der Waals surface area contributed by atoms with Gasteiger partial charge in [0.05, 0.1) is 17.1 Å². The molecule has 1 atom stereocenters. The molecule has 1 aromatic heterocycles. The number of aliphatic carboxylic acids is 1. The Balaban J connectivity index is 1.98. The standard InChI is InChI=1S/C17H12ClN3O2/c18-11-5-3-4-10(8-11)15-9-13(16(22)23)20-17-19-12-6-1-2-7-14(12)21(15)17/h1-9,15H,(H,19,20)(H,22,23)/t15-/m1/s1. The number of halogens is 1. The minimum atomic E-state index is -1.02. The summed E-state index contributed by atoms with van der Waals surface area (Å²) in [5, 5.41) is 12.9. The maximum absolute atomic E-state index is 11.4. The van der Waals surface area contributed by atoms with Gasteiger partial charge in [0, 0.05) is 5.02 Å². The Hall–Kier alpha value is -2.79. The lowest BCUT2D eigenvalue weighted by Crippen LogP contribution is -2.23. The number of allylic oxidation sites excluding steroid dienone is 1. The molecule has 4 rings (SSSR count). The lowest BCUT2D eigenvalue weighted by molar-refractivity contribution is -0.132. The van der Waals surface area contributed by atoms with E-state index in [1.165, 1.54) is 0 Å². The molecular formula is C17H12ClN3O2. The van der Waals surface area contributed by atoms with Gasteiger partial charge >= 0.3 is 5.97 Å². The van der Waals surface area contributed by atoms with Crippen molar-refractivity contribution in [3.8, 4) is 0 Å². The van der Waals surface area contributed by atoms with Crippen LogP contribution in [0.25, 0.3) is 11.0 Å². The number of aromatic nitrogens is 2. The topological polar surface area (TPSA) is 67.1 Å². The number of rotatable bonds is 2. The largest absolute Gasteiger partial charge is 0.477 e. The van der Waals surface area contributed by atoms with Crippen LogP contribution in [-0.4, -0.2) is 20.6 Å². The molecular weight excluding hydrogens is 314 g/mol. The van der Waals surface area contributed by atoms with Crippen LogP contribution in [0.2, 0.25) is 5.02 Å². The molecule has 2 heterocycles.